The van der Waals surface area contributed by atoms with Crippen molar-refractivity contribution in [2.75, 3.05) is 0 Å². The van der Waals surface area contributed by atoms with Gasteiger partial charge in [-0.25, -0.2) is 4.98 Å². The van der Waals surface area contributed by atoms with Crippen LogP contribution in [0, 0.1) is 18.3 Å². The largest absolute Gasteiger partial charge is 0.347 e. The van der Waals surface area contributed by atoms with Crippen molar-refractivity contribution in [1.29, 1.82) is 0 Å². The molecular formula is C23H22N4O2. The van der Waals surface area contributed by atoms with Crippen LogP contribution in [0.4, 0.5) is 0 Å². The van der Waals surface area contributed by atoms with Crippen LogP contribution in [0.3, 0.4) is 0 Å². The number of pyridine rings is 2. The molecule has 4 unspecified atom stereocenters. The van der Waals surface area contributed by atoms with E-state index in [9.17, 15) is 9.59 Å². The van der Waals surface area contributed by atoms with E-state index in [-0.39, 0.29) is 28.8 Å². The lowest BCUT2D eigenvalue weighted by Crippen LogP contribution is -2.81. The number of fused-ring (bicyclic) bond motifs is 1. The van der Waals surface area contributed by atoms with Crippen LogP contribution in [-0.2, 0) is 6.54 Å². The molecule has 2 amide bonds. The summed E-state index contributed by atoms with van der Waals surface area (Å²) >= 11 is 0. The minimum atomic E-state index is -0.244. The summed E-state index contributed by atoms with van der Waals surface area (Å²) in [6.07, 6.45) is 9.01. The van der Waals surface area contributed by atoms with Crippen LogP contribution in [0.1, 0.15) is 51.5 Å². The maximum atomic E-state index is 13.2. The lowest BCUT2D eigenvalue weighted by atomic mass is 9.37. The Labute approximate surface area is 169 Å². The molecule has 3 aliphatic carbocycles. The average Bonchev–Trinajstić information content (AvgIpc) is 3.25. The van der Waals surface area contributed by atoms with Crippen LogP contribution in [-0.4, -0.2) is 38.3 Å². The number of amides is 2. The van der Waals surface area contributed by atoms with Gasteiger partial charge in [-0.15, -0.1) is 0 Å². The molecule has 3 heterocycles. The zero-order chi connectivity index (χ0) is 19.8. The molecule has 0 aromatic carbocycles. The first-order valence-corrected chi connectivity index (χ1v) is 10.2. The van der Waals surface area contributed by atoms with Gasteiger partial charge in [-0.3, -0.25) is 14.6 Å². The fourth-order valence-corrected chi connectivity index (χ4v) is 6.33. The van der Waals surface area contributed by atoms with Gasteiger partial charge in [0.1, 0.15) is 5.69 Å². The minimum Gasteiger partial charge on any atom is -0.347 e. The second-order valence-corrected chi connectivity index (χ2v) is 8.79. The number of aromatic nitrogens is 2. The smallest absolute Gasteiger partial charge is 0.270 e. The molecule has 6 rings (SSSR count). The molecule has 6 heteroatoms. The van der Waals surface area contributed by atoms with Gasteiger partial charge in [0.2, 0.25) is 0 Å². The second-order valence-electron chi connectivity index (χ2n) is 8.79. The normalized spacial score (nSPS) is 33.4. The van der Waals surface area contributed by atoms with Gasteiger partial charge >= 0.3 is 0 Å². The number of rotatable bonds is 3. The van der Waals surface area contributed by atoms with E-state index in [2.05, 4.69) is 27.4 Å². The molecule has 2 fully saturated rings. The van der Waals surface area contributed by atoms with Crippen molar-refractivity contribution in [3.05, 3.63) is 71.3 Å². The van der Waals surface area contributed by atoms with Crippen LogP contribution < -0.4 is 5.32 Å². The number of carbonyl (C=O) groups excluding carboxylic acids is 2. The quantitative estimate of drug-likeness (QED) is 0.823. The molecule has 1 N–H and O–H groups in total. The third kappa shape index (κ3) is 1.96. The zero-order valence-corrected chi connectivity index (χ0v) is 16.3. The first-order chi connectivity index (χ1) is 14.0. The maximum absolute atomic E-state index is 13.2. The fourth-order valence-electron chi connectivity index (χ4n) is 6.33. The van der Waals surface area contributed by atoms with Crippen LogP contribution in [0.2, 0.25) is 0 Å². The lowest BCUT2D eigenvalue weighted by molar-refractivity contribution is -0.196. The van der Waals surface area contributed by atoms with Crippen molar-refractivity contribution in [1.82, 2.24) is 20.2 Å². The number of nitrogens with zero attached hydrogens (tertiary/aromatic N) is 3. The molecule has 4 aliphatic rings. The molecule has 2 saturated carbocycles. The first-order valence-electron chi connectivity index (χ1n) is 10.2. The monoisotopic (exact) mass is 386 g/mol. The van der Waals surface area contributed by atoms with Gasteiger partial charge in [-0.05, 0) is 56.4 Å². The summed E-state index contributed by atoms with van der Waals surface area (Å²) in [5.74, 6) is 0.457. The van der Waals surface area contributed by atoms with Crippen LogP contribution in [0.15, 0.2) is 48.7 Å². The number of hydrogen-bond acceptors (Lipinski definition) is 4. The predicted octanol–water partition coefficient (Wildman–Crippen LogP) is 2.65. The highest BCUT2D eigenvalue weighted by Gasteiger charge is 2.77. The molecule has 0 saturated heterocycles. The van der Waals surface area contributed by atoms with Crippen molar-refractivity contribution in [3.63, 3.8) is 0 Å². The van der Waals surface area contributed by atoms with Crippen molar-refractivity contribution in [3.8, 4) is 0 Å². The molecule has 0 bridgehead atoms. The molecule has 29 heavy (non-hydrogen) atoms. The highest BCUT2D eigenvalue weighted by atomic mass is 16.2. The second kappa shape index (κ2) is 5.53. The Hall–Kier alpha value is -3.02. The summed E-state index contributed by atoms with van der Waals surface area (Å²) in [7, 11) is 0. The van der Waals surface area contributed by atoms with E-state index in [1.807, 2.05) is 36.1 Å². The summed E-state index contributed by atoms with van der Waals surface area (Å²) in [6, 6.07) is 9.22. The number of aryl methyl sites for hydroxylation is 1. The van der Waals surface area contributed by atoms with Gasteiger partial charge in [0.05, 0.1) is 23.3 Å². The Bertz CT molecular complexity index is 1100. The Balaban J connectivity index is 1.29. The first kappa shape index (κ1) is 16.9. The topological polar surface area (TPSA) is 75.2 Å². The molecule has 1 aliphatic heterocycles. The Morgan fingerprint density at radius 2 is 2.17 bits per heavy atom. The lowest BCUT2D eigenvalue weighted by Gasteiger charge is -2.73. The van der Waals surface area contributed by atoms with Gasteiger partial charge in [0, 0.05) is 23.3 Å². The third-order valence-corrected chi connectivity index (χ3v) is 7.63. The van der Waals surface area contributed by atoms with Gasteiger partial charge in [0.25, 0.3) is 11.8 Å². The van der Waals surface area contributed by atoms with Crippen molar-refractivity contribution in [2.24, 2.45) is 11.3 Å². The Morgan fingerprint density at radius 1 is 1.28 bits per heavy atom. The molecule has 2 aromatic heterocycles. The fraction of sp³-hybridized carbons (Fsp3) is 0.391. The maximum Gasteiger partial charge on any atom is 0.270 e. The van der Waals surface area contributed by atoms with Crippen molar-refractivity contribution in [2.45, 2.75) is 44.3 Å². The van der Waals surface area contributed by atoms with E-state index >= 15 is 0 Å². The van der Waals surface area contributed by atoms with Crippen LogP contribution in [0.25, 0.3) is 0 Å². The number of hydrogen-bond donors (Lipinski definition) is 1. The summed E-state index contributed by atoms with van der Waals surface area (Å²) in [6.45, 7) is 2.45. The van der Waals surface area contributed by atoms with E-state index in [0.717, 1.165) is 36.2 Å². The summed E-state index contributed by atoms with van der Waals surface area (Å²) in [5, 5.41) is 3.23. The SMILES string of the molecule is Cc1cccc(C(=O)NC2CC3CC4(N5Cc6ncccc6C5=O)CC=CC324)n1. The number of carbonyl (C=O) groups is 2. The molecule has 146 valence electrons. The Morgan fingerprint density at radius 3 is 2.97 bits per heavy atom. The van der Waals surface area contributed by atoms with Gasteiger partial charge in [-0.1, -0.05) is 18.2 Å². The highest BCUT2D eigenvalue weighted by Crippen LogP contribution is 2.73. The van der Waals surface area contributed by atoms with E-state index in [4.69, 9.17) is 0 Å². The minimum absolute atomic E-state index is 0.0271. The highest BCUT2D eigenvalue weighted by molar-refractivity contribution is 5.98. The summed E-state index contributed by atoms with van der Waals surface area (Å²) in [4.78, 5) is 36.9. The molecule has 2 aromatic rings. The average molecular weight is 386 g/mol. The Kier molecular flexibility index (Phi) is 3.22. The predicted molar refractivity (Wildman–Crippen MR) is 106 cm³/mol. The third-order valence-electron chi connectivity index (χ3n) is 7.63. The summed E-state index contributed by atoms with van der Waals surface area (Å²) < 4.78 is 0. The van der Waals surface area contributed by atoms with E-state index < -0.39 is 0 Å². The molecule has 1 spiro atoms. The van der Waals surface area contributed by atoms with Gasteiger partial charge in [0.15, 0.2) is 0 Å². The van der Waals surface area contributed by atoms with Crippen molar-refractivity contribution < 1.29 is 9.59 Å². The summed E-state index contributed by atoms with van der Waals surface area (Å²) in [5.41, 5.74) is 2.45. The number of nitrogens with one attached hydrogen (secondary N) is 1. The van der Waals surface area contributed by atoms with Gasteiger partial charge in [-0.2, -0.15) is 0 Å². The molecule has 6 nitrogen and oxygen atoms in total. The molecular weight excluding hydrogens is 364 g/mol. The van der Waals surface area contributed by atoms with E-state index in [1.54, 1.807) is 12.3 Å². The van der Waals surface area contributed by atoms with Crippen LogP contribution in [0.5, 0.6) is 0 Å². The zero-order valence-electron chi connectivity index (χ0n) is 16.3. The molecule has 0 radical (unpaired) electrons. The van der Waals surface area contributed by atoms with Crippen molar-refractivity contribution >= 4 is 11.8 Å². The van der Waals surface area contributed by atoms with Crippen LogP contribution >= 0.6 is 0 Å². The standard InChI is InChI=1S/C23H22N4O2/c1-14-5-2-7-17(25-14)20(28)26-19-11-15-12-22(8-4-9-23(15,19)22)27-13-18-16(21(27)29)6-3-10-24-18/h2-7,9-10,15,19H,8,11-13H2,1H3,(H,26,28). The molecule has 4 atom stereocenters. The van der Waals surface area contributed by atoms with E-state index in [1.165, 1.54) is 0 Å². The van der Waals surface area contributed by atoms with Gasteiger partial charge < -0.3 is 10.2 Å². The van der Waals surface area contributed by atoms with E-state index in [0.29, 0.717) is 18.2 Å².